The van der Waals surface area contributed by atoms with Gasteiger partial charge in [0.25, 0.3) is 0 Å². The topological polar surface area (TPSA) is 23.6 Å². The molecule has 21 heavy (non-hydrogen) atoms. The maximum atomic E-state index is 12.7. The molecule has 0 radical (unpaired) electrons. The number of carbonyl (C=O) groups excluding carboxylic acids is 1. The molecular formula is C17H24N2OS. The summed E-state index contributed by atoms with van der Waals surface area (Å²) in [5, 5.41) is 0. The molecule has 3 rings (SSSR count). The van der Waals surface area contributed by atoms with E-state index in [1.54, 1.807) is 0 Å². The molecule has 1 unspecified atom stereocenters. The molecule has 1 aromatic rings. The van der Waals surface area contributed by atoms with Gasteiger partial charge in [0.1, 0.15) is 0 Å². The van der Waals surface area contributed by atoms with E-state index >= 15 is 0 Å². The van der Waals surface area contributed by atoms with Crippen LogP contribution in [0.1, 0.15) is 24.0 Å². The number of hydrogen-bond donors (Lipinski definition) is 0. The first-order chi connectivity index (χ1) is 10.2. The van der Waals surface area contributed by atoms with Gasteiger partial charge in [-0.2, -0.15) is 11.8 Å². The van der Waals surface area contributed by atoms with Crippen molar-refractivity contribution < 1.29 is 4.79 Å². The Bertz CT molecular complexity index is 499. The van der Waals surface area contributed by atoms with E-state index in [2.05, 4.69) is 41.0 Å². The van der Waals surface area contributed by atoms with Crippen LogP contribution in [0.15, 0.2) is 24.3 Å². The number of amides is 1. The number of carbonyl (C=O) groups is 1. The van der Waals surface area contributed by atoms with Crippen molar-refractivity contribution in [3.05, 3.63) is 35.4 Å². The molecule has 2 heterocycles. The van der Waals surface area contributed by atoms with Gasteiger partial charge in [-0.1, -0.05) is 29.8 Å². The lowest BCUT2D eigenvalue weighted by molar-refractivity contribution is -0.135. The third-order valence-electron chi connectivity index (χ3n) is 4.44. The lowest BCUT2D eigenvalue weighted by Crippen LogP contribution is -2.48. The summed E-state index contributed by atoms with van der Waals surface area (Å²) in [5.74, 6) is 2.55. The van der Waals surface area contributed by atoms with Crippen molar-refractivity contribution in [2.75, 3.05) is 31.1 Å². The average Bonchev–Trinajstić information content (AvgIpc) is 2.95. The highest BCUT2D eigenvalue weighted by molar-refractivity contribution is 7.99. The second-order valence-electron chi connectivity index (χ2n) is 6.06. The highest BCUT2D eigenvalue weighted by Crippen LogP contribution is 2.23. The molecule has 2 aliphatic heterocycles. The highest BCUT2D eigenvalue weighted by atomic mass is 32.2. The van der Waals surface area contributed by atoms with Gasteiger partial charge in [-0.15, -0.1) is 0 Å². The summed E-state index contributed by atoms with van der Waals surface area (Å²) in [6, 6.07) is 8.75. The number of thioether (sulfide) groups is 1. The number of hydrogen-bond acceptors (Lipinski definition) is 3. The average molecular weight is 304 g/mol. The molecule has 4 heteroatoms. The van der Waals surface area contributed by atoms with Crippen molar-refractivity contribution in [2.24, 2.45) is 0 Å². The molecule has 2 aliphatic rings. The zero-order valence-electron chi connectivity index (χ0n) is 12.8. The van der Waals surface area contributed by atoms with E-state index < -0.39 is 0 Å². The minimum Gasteiger partial charge on any atom is -0.340 e. The molecule has 1 aromatic carbocycles. The number of benzene rings is 1. The van der Waals surface area contributed by atoms with Crippen LogP contribution in [0.25, 0.3) is 0 Å². The molecular weight excluding hydrogens is 280 g/mol. The Kier molecular flexibility index (Phi) is 4.86. The third kappa shape index (κ3) is 3.61. The molecule has 1 amide bonds. The summed E-state index contributed by atoms with van der Waals surface area (Å²) >= 11 is 1.96. The summed E-state index contributed by atoms with van der Waals surface area (Å²) < 4.78 is 0. The molecule has 1 atom stereocenters. The van der Waals surface area contributed by atoms with Crippen molar-refractivity contribution in [2.45, 2.75) is 32.4 Å². The van der Waals surface area contributed by atoms with E-state index in [0.717, 1.165) is 50.5 Å². The zero-order chi connectivity index (χ0) is 14.7. The maximum absolute atomic E-state index is 12.7. The molecule has 0 aromatic heterocycles. The molecule has 3 nitrogen and oxygen atoms in total. The first kappa shape index (κ1) is 14.9. The van der Waals surface area contributed by atoms with E-state index in [4.69, 9.17) is 0 Å². The predicted octanol–water partition coefficient (Wildman–Crippen LogP) is 2.53. The van der Waals surface area contributed by atoms with Gasteiger partial charge in [0.2, 0.25) is 5.91 Å². The van der Waals surface area contributed by atoms with Crippen molar-refractivity contribution >= 4 is 17.7 Å². The van der Waals surface area contributed by atoms with Crippen LogP contribution in [0.3, 0.4) is 0 Å². The highest BCUT2D eigenvalue weighted by Gasteiger charge is 2.33. The largest absolute Gasteiger partial charge is 0.340 e. The van der Waals surface area contributed by atoms with Crippen LogP contribution in [0.2, 0.25) is 0 Å². The molecule has 2 fully saturated rings. The van der Waals surface area contributed by atoms with E-state index in [0.29, 0.717) is 5.91 Å². The van der Waals surface area contributed by atoms with Crippen LogP contribution in [0, 0.1) is 6.92 Å². The summed E-state index contributed by atoms with van der Waals surface area (Å²) in [5.41, 5.74) is 2.62. The van der Waals surface area contributed by atoms with Crippen LogP contribution in [0.4, 0.5) is 0 Å². The molecule has 0 N–H and O–H groups in total. The van der Waals surface area contributed by atoms with Crippen molar-refractivity contribution in [3.8, 4) is 0 Å². The minimum absolute atomic E-state index is 0.105. The Morgan fingerprint density at radius 3 is 2.86 bits per heavy atom. The van der Waals surface area contributed by atoms with Crippen LogP contribution in [-0.2, 0) is 11.3 Å². The van der Waals surface area contributed by atoms with Crippen LogP contribution in [0.5, 0.6) is 0 Å². The Balaban J connectivity index is 1.66. The summed E-state index contributed by atoms with van der Waals surface area (Å²) in [6.07, 6.45) is 2.17. The van der Waals surface area contributed by atoms with Gasteiger partial charge in [-0.3, -0.25) is 9.69 Å². The van der Waals surface area contributed by atoms with Gasteiger partial charge in [0.15, 0.2) is 0 Å². The summed E-state index contributed by atoms with van der Waals surface area (Å²) in [4.78, 5) is 17.2. The second kappa shape index (κ2) is 6.84. The van der Waals surface area contributed by atoms with Crippen molar-refractivity contribution in [1.29, 1.82) is 0 Å². The fourth-order valence-corrected chi connectivity index (χ4v) is 4.24. The Morgan fingerprint density at radius 2 is 2.10 bits per heavy atom. The normalized spacial score (nSPS) is 23.5. The molecule has 2 saturated heterocycles. The molecule has 0 saturated carbocycles. The number of aryl methyl sites for hydroxylation is 1. The first-order valence-corrected chi connectivity index (χ1v) is 9.05. The van der Waals surface area contributed by atoms with Gasteiger partial charge in [-0.25, -0.2) is 0 Å². The standard InChI is InChI=1S/C17H24N2OS/c1-14-4-2-5-15(12-14)13-19-7-3-6-16(19)17(20)18-8-10-21-11-9-18/h2,4-5,12,16H,3,6-11,13H2,1H3. The second-order valence-corrected chi connectivity index (χ2v) is 7.28. The summed E-state index contributed by atoms with van der Waals surface area (Å²) in [7, 11) is 0. The van der Waals surface area contributed by atoms with Gasteiger partial charge >= 0.3 is 0 Å². The van der Waals surface area contributed by atoms with Gasteiger partial charge in [0.05, 0.1) is 6.04 Å². The van der Waals surface area contributed by atoms with E-state index in [9.17, 15) is 4.79 Å². The fourth-order valence-electron chi connectivity index (χ4n) is 3.33. The van der Waals surface area contributed by atoms with Gasteiger partial charge < -0.3 is 4.90 Å². The van der Waals surface area contributed by atoms with Crippen LogP contribution < -0.4 is 0 Å². The summed E-state index contributed by atoms with van der Waals surface area (Å²) in [6.45, 7) is 5.94. The number of likely N-dealkylation sites (tertiary alicyclic amines) is 1. The number of rotatable bonds is 3. The van der Waals surface area contributed by atoms with E-state index in [1.165, 1.54) is 11.1 Å². The lowest BCUT2D eigenvalue weighted by atomic mass is 10.1. The Hall–Kier alpha value is -1.00. The zero-order valence-corrected chi connectivity index (χ0v) is 13.6. The first-order valence-electron chi connectivity index (χ1n) is 7.90. The van der Waals surface area contributed by atoms with Crippen molar-refractivity contribution in [1.82, 2.24) is 9.80 Å². The SMILES string of the molecule is Cc1cccc(CN2CCCC2C(=O)N2CCSCC2)c1. The quantitative estimate of drug-likeness (QED) is 0.857. The Morgan fingerprint density at radius 1 is 1.29 bits per heavy atom. The minimum atomic E-state index is 0.105. The fraction of sp³-hybridized carbons (Fsp3) is 0.588. The van der Waals surface area contributed by atoms with E-state index in [1.807, 2.05) is 11.8 Å². The van der Waals surface area contributed by atoms with Gasteiger partial charge in [-0.05, 0) is 31.9 Å². The van der Waals surface area contributed by atoms with Gasteiger partial charge in [0, 0.05) is 31.1 Å². The Labute approximate surface area is 131 Å². The number of nitrogens with zero attached hydrogens (tertiary/aromatic N) is 2. The molecule has 114 valence electrons. The van der Waals surface area contributed by atoms with E-state index in [-0.39, 0.29) is 6.04 Å². The monoisotopic (exact) mass is 304 g/mol. The molecule has 0 aliphatic carbocycles. The van der Waals surface area contributed by atoms with Crippen LogP contribution in [-0.4, -0.2) is 52.9 Å². The predicted molar refractivity (Wildman–Crippen MR) is 88.5 cm³/mol. The molecule has 0 spiro atoms. The maximum Gasteiger partial charge on any atom is 0.239 e. The lowest BCUT2D eigenvalue weighted by Gasteiger charge is -2.32. The van der Waals surface area contributed by atoms with Crippen LogP contribution >= 0.6 is 11.8 Å². The smallest absolute Gasteiger partial charge is 0.239 e. The molecule has 0 bridgehead atoms. The third-order valence-corrected chi connectivity index (χ3v) is 5.38. The van der Waals surface area contributed by atoms with Crippen molar-refractivity contribution in [3.63, 3.8) is 0 Å².